The molecule has 0 unspecified atom stereocenters. The number of benzene rings is 2. The third-order valence-corrected chi connectivity index (χ3v) is 11.4. The van der Waals surface area contributed by atoms with E-state index in [-0.39, 0.29) is 11.6 Å². The van der Waals surface area contributed by atoms with Crippen LogP contribution >= 0.6 is 0 Å². The minimum atomic E-state index is -2.85. The van der Waals surface area contributed by atoms with Crippen LogP contribution in [0.1, 0.15) is 33.6 Å². The number of unbranched alkanes of at least 4 members (excludes halogenated alkanes) is 1. The van der Waals surface area contributed by atoms with Gasteiger partial charge in [-0.2, -0.15) is 0 Å². The highest BCUT2D eigenvalue weighted by Gasteiger charge is 2.52. The molecule has 1 fully saturated rings. The van der Waals surface area contributed by atoms with Crippen molar-refractivity contribution in [3.8, 4) is 0 Å². The van der Waals surface area contributed by atoms with E-state index in [1.54, 1.807) is 6.08 Å². The van der Waals surface area contributed by atoms with Crippen molar-refractivity contribution < 1.29 is 29.2 Å². The number of aliphatic hydroxyl groups excluding tert-OH is 3. The lowest BCUT2D eigenvalue weighted by molar-refractivity contribution is -0.300. The lowest BCUT2D eigenvalue weighted by Crippen LogP contribution is -2.68. The molecule has 0 aromatic heterocycles. The zero-order valence-corrected chi connectivity index (χ0v) is 21.3. The van der Waals surface area contributed by atoms with Gasteiger partial charge in [-0.1, -0.05) is 87.5 Å². The normalized spacial score (nSPS) is 25.8. The van der Waals surface area contributed by atoms with Gasteiger partial charge in [0.05, 0.1) is 13.2 Å². The van der Waals surface area contributed by atoms with E-state index in [0.29, 0.717) is 6.61 Å². The molecule has 0 spiro atoms. The van der Waals surface area contributed by atoms with Crippen LogP contribution in [0, 0.1) is 0 Å². The van der Waals surface area contributed by atoms with Crippen LogP contribution in [-0.4, -0.2) is 67.6 Å². The fraction of sp³-hybridized carbons (Fsp3) is 0.481. The molecule has 0 radical (unpaired) electrons. The monoisotopic (exact) mass is 486 g/mol. The molecule has 1 aliphatic rings. The number of hydrogen-bond donors (Lipinski definition) is 3. The Labute approximate surface area is 203 Å². The quantitative estimate of drug-likeness (QED) is 0.271. The third-order valence-electron chi connectivity index (χ3n) is 6.38. The Morgan fingerprint density at radius 1 is 0.912 bits per heavy atom. The number of hydrogen-bond acceptors (Lipinski definition) is 6. The van der Waals surface area contributed by atoms with Crippen molar-refractivity contribution >= 4 is 18.7 Å². The minimum Gasteiger partial charge on any atom is -0.405 e. The van der Waals surface area contributed by atoms with Gasteiger partial charge in [-0.15, -0.1) is 6.58 Å². The maximum absolute atomic E-state index is 10.7. The summed E-state index contributed by atoms with van der Waals surface area (Å²) in [6.07, 6.45) is -2.66. The van der Waals surface area contributed by atoms with Crippen molar-refractivity contribution in [2.24, 2.45) is 0 Å². The lowest BCUT2D eigenvalue weighted by atomic mass is 9.99. The molecule has 7 heteroatoms. The van der Waals surface area contributed by atoms with Crippen LogP contribution in [-0.2, 0) is 13.9 Å². The maximum Gasteiger partial charge on any atom is 0.261 e. The molecule has 34 heavy (non-hydrogen) atoms. The molecule has 1 heterocycles. The van der Waals surface area contributed by atoms with Gasteiger partial charge in [-0.25, -0.2) is 0 Å². The van der Waals surface area contributed by atoms with Crippen LogP contribution in [0.3, 0.4) is 0 Å². The van der Waals surface area contributed by atoms with Gasteiger partial charge < -0.3 is 29.2 Å². The molecule has 0 saturated carbocycles. The van der Waals surface area contributed by atoms with Gasteiger partial charge in [0.25, 0.3) is 8.32 Å². The van der Waals surface area contributed by atoms with E-state index in [0.717, 1.165) is 23.2 Å². The van der Waals surface area contributed by atoms with Gasteiger partial charge in [0.1, 0.15) is 24.4 Å². The zero-order valence-electron chi connectivity index (χ0n) is 20.3. The second-order valence-electron chi connectivity index (χ2n) is 9.79. The van der Waals surface area contributed by atoms with Crippen molar-refractivity contribution in [2.45, 2.75) is 69.4 Å². The maximum atomic E-state index is 10.7. The van der Waals surface area contributed by atoms with Gasteiger partial charge in [0.15, 0.2) is 6.29 Å². The van der Waals surface area contributed by atoms with Gasteiger partial charge in [-0.05, 0) is 28.3 Å². The van der Waals surface area contributed by atoms with E-state index in [1.807, 2.05) is 36.4 Å². The van der Waals surface area contributed by atoms with Crippen molar-refractivity contribution in [2.75, 3.05) is 13.2 Å². The molecular weight excluding hydrogens is 448 g/mol. The molecule has 0 aliphatic carbocycles. The first-order valence-corrected chi connectivity index (χ1v) is 13.8. The summed E-state index contributed by atoms with van der Waals surface area (Å²) in [7, 11) is -2.85. The van der Waals surface area contributed by atoms with Crippen LogP contribution in [0.4, 0.5) is 0 Å². The molecule has 186 valence electrons. The molecule has 0 bridgehead atoms. The first kappa shape index (κ1) is 26.8. The van der Waals surface area contributed by atoms with Crippen LogP contribution < -0.4 is 10.4 Å². The summed E-state index contributed by atoms with van der Waals surface area (Å²) in [5, 5.41) is 33.6. The largest absolute Gasteiger partial charge is 0.405 e. The molecule has 2 aromatic carbocycles. The standard InChI is InChI=1S/C27H38O6Si/c1-5-6-13-18-31-26-25(30)24(29)23(28)22(33-26)19-32-34(27(2,3)4,20-14-9-7-10-15-20)21-16-11-8-12-17-21/h5,7-12,14-17,22-26,28-30H,1,6,13,18-19H2,2-4H3/t22-,23-,24+,25-,26-/m1/s1. The average molecular weight is 487 g/mol. The first-order chi connectivity index (χ1) is 16.2. The van der Waals surface area contributed by atoms with Gasteiger partial charge >= 0.3 is 0 Å². The molecule has 3 N–H and O–H groups in total. The Kier molecular flexibility index (Phi) is 9.23. The summed E-state index contributed by atoms with van der Waals surface area (Å²) in [6.45, 7) is 10.6. The summed E-state index contributed by atoms with van der Waals surface area (Å²) in [5.41, 5.74) is 0. The molecule has 0 amide bonds. The smallest absolute Gasteiger partial charge is 0.261 e. The highest BCUT2D eigenvalue weighted by Crippen LogP contribution is 2.37. The van der Waals surface area contributed by atoms with Crippen LogP contribution in [0.5, 0.6) is 0 Å². The van der Waals surface area contributed by atoms with Crippen molar-refractivity contribution in [3.05, 3.63) is 73.3 Å². The Hall–Kier alpha value is -1.84. The van der Waals surface area contributed by atoms with E-state index in [2.05, 4.69) is 51.6 Å². The fourth-order valence-corrected chi connectivity index (χ4v) is 9.16. The van der Waals surface area contributed by atoms with E-state index in [9.17, 15) is 15.3 Å². The Bertz CT molecular complexity index is 845. The van der Waals surface area contributed by atoms with Crippen LogP contribution in [0.25, 0.3) is 0 Å². The van der Waals surface area contributed by atoms with Crippen molar-refractivity contribution in [3.63, 3.8) is 0 Å². The lowest BCUT2D eigenvalue weighted by Gasteiger charge is -2.45. The molecule has 1 aliphatic heterocycles. The Balaban J connectivity index is 1.89. The number of allylic oxidation sites excluding steroid dienone is 1. The Morgan fingerprint density at radius 2 is 1.47 bits per heavy atom. The van der Waals surface area contributed by atoms with E-state index < -0.39 is 39.0 Å². The summed E-state index contributed by atoms with van der Waals surface area (Å²) in [5.74, 6) is 0. The number of rotatable bonds is 10. The van der Waals surface area contributed by atoms with Crippen molar-refractivity contribution in [1.82, 2.24) is 0 Å². The summed E-state index contributed by atoms with van der Waals surface area (Å²) in [4.78, 5) is 0. The minimum absolute atomic E-state index is 0.0464. The van der Waals surface area contributed by atoms with Crippen molar-refractivity contribution in [1.29, 1.82) is 0 Å². The van der Waals surface area contributed by atoms with E-state index >= 15 is 0 Å². The predicted molar refractivity (Wildman–Crippen MR) is 136 cm³/mol. The topological polar surface area (TPSA) is 88.4 Å². The number of aliphatic hydroxyl groups is 3. The second-order valence-corrected chi connectivity index (χ2v) is 14.1. The summed E-state index contributed by atoms with van der Waals surface area (Å²) < 4.78 is 18.5. The van der Waals surface area contributed by atoms with E-state index in [1.165, 1.54) is 0 Å². The molecule has 5 atom stereocenters. The average Bonchev–Trinajstić information content (AvgIpc) is 2.83. The first-order valence-electron chi connectivity index (χ1n) is 11.9. The van der Waals surface area contributed by atoms with E-state index in [4.69, 9.17) is 13.9 Å². The number of ether oxygens (including phenoxy) is 2. The van der Waals surface area contributed by atoms with Crippen LogP contribution in [0.15, 0.2) is 73.3 Å². The molecule has 1 saturated heterocycles. The summed E-state index contributed by atoms with van der Waals surface area (Å²) in [6, 6.07) is 20.4. The highest BCUT2D eigenvalue weighted by atomic mass is 28.4. The van der Waals surface area contributed by atoms with Gasteiger partial charge in [0, 0.05) is 0 Å². The SMILES string of the molecule is C=CCCCO[C@@H]1O[C@H](CO[Si](c2ccccc2)(c2ccccc2)C(C)(C)C)[C@@H](O)[C@H](O)[C@H]1O. The molecule has 6 nitrogen and oxygen atoms in total. The predicted octanol–water partition coefficient (Wildman–Crippen LogP) is 2.35. The Morgan fingerprint density at radius 3 is 1.97 bits per heavy atom. The van der Waals surface area contributed by atoms with Gasteiger partial charge in [0.2, 0.25) is 0 Å². The van der Waals surface area contributed by atoms with Gasteiger partial charge in [-0.3, -0.25) is 0 Å². The molecule has 2 aromatic rings. The molecular formula is C27H38O6Si. The fourth-order valence-electron chi connectivity index (χ4n) is 4.59. The second kappa shape index (κ2) is 11.7. The van der Waals surface area contributed by atoms with Crippen LogP contribution in [0.2, 0.25) is 5.04 Å². The third kappa shape index (κ3) is 5.68. The highest BCUT2D eigenvalue weighted by molar-refractivity contribution is 6.99. The summed E-state index contributed by atoms with van der Waals surface area (Å²) >= 11 is 0. The zero-order chi connectivity index (χ0) is 24.8. The molecule has 3 rings (SSSR count).